The minimum absolute atomic E-state index is 0.0320. The molecule has 9 nitrogen and oxygen atoms in total. The molecule has 0 amide bonds. The van der Waals surface area contributed by atoms with E-state index in [9.17, 15) is 19.0 Å². The van der Waals surface area contributed by atoms with Crippen molar-refractivity contribution in [2.24, 2.45) is 5.73 Å². The highest BCUT2D eigenvalue weighted by atomic mass is 31.2. The number of esters is 2. The SMILES string of the molecule is CC/C=C\C/C=C\C/C=C\C/C=C\C/C=C\C/C=C\C/C=C\CCCC(=O)OC(COC(=O)CCCCCC/C=C\C/C=C\C/C=C\C/C=C\CC)COP(=O)(O)OCCN. The third-order valence-electron chi connectivity index (χ3n) is 8.53. The van der Waals surface area contributed by atoms with Crippen LogP contribution in [-0.2, 0) is 32.7 Å². The summed E-state index contributed by atoms with van der Waals surface area (Å²) in [5, 5.41) is 0. The van der Waals surface area contributed by atoms with Crippen LogP contribution in [0.5, 0.6) is 0 Å². The van der Waals surface area contributed by atoms with Crippen LogP contribution >= 0.6 is 7.82 Å². The first-order chi connectivity index (χ1) is 29.8. The fourth-order valence-electron chi connectivity index (χ4n) is 5.26. The zero-order valence-electron chi connectivity index (χ0n) is 37.6. The largest absolute Gasteiger partial charge is 0.472 e. The van der Waals surface area contributed by atoms with Crippen LogP contribution in [0.2, 0.25) is 0 Å². The van der Waals surface area contributed by atoms with Crippen molar-refractivity contribution in [2.75, 3.05) is 26.4 Å². The minimum atomic E-state index is -4.41. The lowest BCUT2D eigenvalue weighted by Gasteiger charge is -2.19. The molecule has 0 aromatic carbocycles. The molecule has 0 saturated heterocycles. The van der Waals surface area contributed by atoms with E-state index in [4.69, 9.17) is 24.3 Å². The number of unbranched alkanes of at least 4 members (excludes halogenated alkanes) is 5. The number of carbonyl (C=O) groups excluding carboxylic acids is 2. The van der Waals surface area contributed by atoms with Gasteiger partial charge in [0, 0.05) is 19.4 Å². The number of ether oxygens (including phenoxy) is 2. The molecule has 0 fully saturated rings. The van der Waals surface area contributed by atoms with Gasteiger partial charge in [0.2, 0.25) is 0 Å². The molecule has 2 atom stereocenters. The van der Waals surface area contributed by atoms with Crippen molar-refractivity contribution in [3.63, 3.8) is 0 Å². The van der Waals surface area contributed by atoms with Gasteiger partial charge in [0.15, 0.2) is 6.10 Å². The molecule has 0 radical (unpaired) electrons. The maximum atomic E-state index is 12.6. The first-order valence-corrected chi connectivity index (χ1v) is 24.2. The van der Waals surface area contributed by atoms with Crippen molar-refractivity contribution in [1.29, 1.82) is 0 Å². The molecule has 0 aliphatic heterocycles. The molecule has 3 N–H and O–H groups in total. The molecule has 0 spiro atoms. The summed E-state index contributed by atoms with van der Waals surface area (Å²) >= 11 is 0. The van der Waals surface area contributed by atoms with Gasteiger partial charge in [-0.05, 0) is 103 Å². The van der Waals surface area contributed by atoms with E-state index in [0.717, 1.165) is 96.3 Å². The monoisotopic (exact) mass is 866 g/mol. The highest BCUT2D eigenvalue weighted by Crippen LogP contribution is 2.43. The summed E-state index contributed by atoms with van der Waals surface area (Å²) in [4.78, 5) is 34.9. The molecular formula is C51H80NO8P. The fraction of sp³-hybridized carbons (Fsp3) is 0.529. The number of hydrogen-bond donors (Lipinski definition) is 2. The molecular weight excluding hydrogens is 786 g/mol. The molecule has 0 rings (SSSR count). The van der Waals surface area contributed by atoms with Gasteiger partial charge in [-0.3, -0.25) is 18.6 Å². The molecule has 61 heavy (non-hydrogen) atoms. The second kappa shape index (κ2) is 45.7. The van der Waals surface area contributed by atoms with E-state index in [-0.39, 0.29) is 32.6 Å². The molecule has 0 bridgehead atoms. The molecule has 10 heteroatoms. The molecule has 0 saturated carbocycles. The number of phosphoric ester groups is 1. The lowest BCUT2D eigenvalue weighted by atomic mass is 10.1. The lowest BCUT2D eigenvalue weighted by Crippen LogP contribution is -2.29. The Balaban J connectivity index is 4.32. The van der Waals surface area contributed by atoms with Gasteiger partial charge in [0.1, 0.15) is 6.61 Å². The zero-order chi connectivity index (χ0) is 44.6. The summed E-state index contributed by atoms with van der Waals surface area (Å²) in [7, 11) is -4.41. The Morgan fingerprint density at radius 2 is 0.869 bits per heavy atom. The van der Waals surface area contributed by atoms with Gasteiger partial charge in [-0.25, -0.2) is 4.57 Å². The molecule has 0 aromatic heterocycles. The van der Waals surface area contributed by atoms with Gasteiger partial charge in [0.05, 0.1) is 13.2 Å². The first-order valence-electron chi connectivity index (χ1n) is 22.7. The molecule has 2 unspecified atom stereocenters. The maximum absolute atomic E-state index is 12.6. The van der Waals surface area contributed by atoms with Gasteiger partial charge in [-0.1, -0.05) is 160 Å². The number of rotatable bonds is 40. The van der Waals surface area contributed by atoms with Gasteiger partial charge in [0.25, 0.3) is 0 Å². The van der Waals surface area contributed by atoms with Crippen molar-refractivity contribution in [3.8, 4) is 0 Å². The second-order valence-electron chi connectivity index (χ2n) is 14.1. The van der Waals surface area contributed by atoms with Crippen LogP contribution in [0.1, 0.15) is 142 Å². The van der Waals surface area contributed by atoms with Crippen molar-refractivity contribution < 1.29 is 37.6 Å². The van der Waals surface area contributed by atoms with E-state index in [1.54, 1.807) is 0 Å². The Hall–Kier alpha value is -3.85. The van der Waals surface area contributed by atoms with Crippen LogP contribution in [-0.4, -0.2) is 49.3 Å². The van der Waals surface area contributed by atoms with E-state index in [2.05, 4.69) is 141 Å². The van der Waals surface area contributed by atoms with Crippen LogP contribution < -0.4 is 5.73 Å². The average Bonchev–Trinajstić information content (AvgIpc) is 3.25. The molecule has 342 valence electrons. The normalized spacial score (nSPS) is 14.5. The lowest BCUT2D eigenvalue weighted by molar-refractivity contribution is -0.161. The van der Waals surface area contributed by atoms with E-state index in [1.165, 1.54) is 0 Å². The standard InChI is InChI=1S/C51H80NO8P/c1-3-5-7-9-11-13-15-17-19-21-22-23-24-25-26-28-30-32-34-36-38-40-42-44-51(54)60-49(48-59-61(55,56)58-46-45-52)47-57-50(53)43-41-39-37-35-33-31-29-27-20-18-16-14-12-10-8-6-4-2/h5-8,11-14,17-20,22-23,25-26,29-32,36,38,49H,3-4,9-10,15-16,21,24,27-28,33-35,37,39-48,52H2,1-2H3,(H,55,56)/b7-5-,8-6-,13-11-,14-12-,19-17-,20-18-,23-22-,26-25-,31-29-,32-30-,38-36-. The molecule has 0 heterocycles. The maximum Gasteiger partial charge on any atom is 0.472 e. The van der Waals surface area contributed by atoms with Gasteiger partial charge < -0.3 is 20.1 Å². The third-order valence-corrected chi connectivity index (χ3v) is 9.52. The van der Waals surface area contributed by atoms with Crippen LogP contribution in [0, 0.1) is 0 Å². The van der Waals surface area contributed by atoms with Crippen LogP contribution in [0.4, 0.5) is 0 Å². The smallest absolute Gasteiger partial charge is 0.462 e. The highest BCUT2D eigenvalue weighted by Gasteiger charge is 2.25. The summed E-state index contributed by atoms with van der Waals surface area (Å²) in [6.07, 6.45) is 63.5. The predicted molar refractivity (Wildman–Crippen MR) is 256 cm³/mol. The van der Waals surface area contributed by atoms with E-state index in [1.807, 2.05) is 6.08 Å². The van der Waals surface area contributed by atoms with Crippen LogP contribution in [0.15, 0.2) is 134 Å². The average molecular weight is 866 g/mol. The van der Waals surface area contributed by atoms with Gasteiger partial charge >= 0.3 is 19.8 Å². The number of phosphoric acid groups is 1. The summed E-state index contributed by atoms with van der Waals surface area (Å²) in [6, 6.07) is 0. The summed E-state index contributed by atoms with van der Waals surface area (Å²) in [5.41, 5.74) is 5.35. The minimum Gasteiger partial charge on any atom is -0.462 e. The number of nitrogens with two attached hydrogens (primary N) is 1. The van der Waals surface area contributed by atoms with Crippen LogP contribution in [0.25, 0.3) is 0 Å². The fourth-order valence-corrected chi connectivity index (χ4v) is 6.02. The Kier molecular flexibility index (Phi) is 42.8. The number of hydrogen-bond acceptors (Lipinski definition) is 8. The summed E-state index contributed by atoms with van der Waals surface area (Å²) in [6.45, 7) is 3.37. The van der Waals surface area contributed by atoms with Crippen molar-refractivity contribution in [1.82, 2.24) is 0 Å². The zero-order valence-corrected chi connectivity index (χ0v) is 38.5. The van der Waals surface area contributed by atoms with Gasteiger partial charge in [-0.2, -0.15) is 0 Å². The van der Waals surface area contributed by atoms with E-state index in [0.29, 0.717) is 19.3 Å². The summed E-state index contributed by atoms with van der Waals surface area (Å²) < 4.78 is 32.7. The van der Waals surface area contributed by atoms with Crippen molar-refractivity contribution in [2.45, 2.75) is 148 Å². The Bertz CT molecular complexity index is 1450. The quantitative estimate of drug-likeness (QED) is 0.0267. The number of allylic oxidation sites excluding steroid dienone is 22. The molecule has 0 aromatic rings. The summed E-state index contributed by atoms with van der Waals surface area (Å²) in [5.74, 6) is -0.942. The van der Waals surface area contributed by atoms with E-state index >= 15 is 0 Å². The van der Waals surface area contributed by atoms with Crippen molar-refractivity contribution >= 4 is 19.8 Å². The second-order valence-corrected chi connectivity index (χ2v) is 15.6. The van der Waals surface area contributed by atoms with Crippen LogP contribution in [0.3, 0.4) is 0 Å². The third kappa shape index (κ3) is 45.5. The highest BCUT2D eigenvalue weighted by molar-refractivity contribution is 7.47. The molecule has 0 aliphatic rings. The Labute approximate surface area is 370 Å². The predicted octanol–water partition coefficient (Wildman–Crippen LogP) is 13.5. The Morgan fingerprint density at radius 3 is 1.30 bits per heavy atom. The van der Waals surface area contributed by atoms with Gasteiger partial charge in [-0.15, -0.1) is 0 Å². The first kappa shape index (κ1) is 57.1. The van der Waals surface area contributed by atoms with E-state index < -0.39 is 32.5 Å². The number of carbonyl (C=O) groups is 2. The topological polar surface area (TPSA) is 134 Å². The van der Waals surface area contributed by atoms with Crippen molar-refractivity contribution in [3.05, 3.63) is 134 Å². The Morgan fingerprint density at radius 1 is 0.492 bits per heavy atom. The molecule has 0 aliphatic carbocycles.